The van der Waals surface area contributed by atoms with Gasteiger partial charge >= 0.3 is 23.9 Å². The van der Waals surface area contributed by atoms with E-state index in [1.165, 1.54) is 6.42 Å². The highest BCUT2D eigenvalue weighted by molar-refractivity contribution is 8.77. The van der Waals surface area contributed by atoms with Crippen molar-refractivity contribution < 1.29 is 43.2 Å². The molecule has 0 radical (unpaired) electrons. The van der Waals surface area contributed by atoms with Gasteiger partial charge in [0.15, 0.2) is 0 Å². The highest BCUT2D eigenvalue weighted by atomic mass is 33.1. The van der Waals surface area contributed by atoms with E-state index in [1.807, 2.05) is 26.5 Å². The molecule has 13 nitrogen and oxygen atoms in total. The third-order valence-corrected chi connectivity index (χ3v) is 11.7. The number of carbonyl (C=O) groups excluding carboxylic acids is 4. The van der Waals surface area contributed by atoms with E-state index >= 15 is 0 Å². The molecule has 0 atom stereocenters. The average molecular weight is 789 g/mol. The molecule has 0 fully saturated rings. The van der Waals surface area contributed by atoms with Gasteiger partial charge in [0.05, 0.1) is 52.1 Å². The number of aliphatic hydroxyl groups excluding tert-OH is 1. The molecule has 0 saturated heterocycles. The quantitative estimate of drug-likeness (QED) is 0.0308. The molecule has 0 aliphatic rings. The predicted molar refractivity (Wildman–Crippen MR) is 208 cm³/mol. The highest BCUT2D eigenvalue weighted by Crippen LogP contribution is 2.20. The van der Waals surface area contributed by atoms with Crippen molar-refractivity contribution in [3.63, 3.8) is 0 Å². The normalized spacial score (nSPS) is 11.1. The topological polar surface area (TPSA) is 179 Å². The molecule has 0 saturated carbocycles. The minimum Gasteiger partial charge on any atom is -0.466 e. The number of nitrogens with two attached hydrogens (primary N) is 1. The molecular weight excluding hydrogens is 725 g/mol. The van der Waals surface area contributed by atoms with Crippen LogP contribution in [0.5, 0.6) is 0 Å². The van der Waals surface area contributed by atoms with Crippen LogP contribution in [0.3, 0.4) is 0 Å². The number of unbranched alkanes of at least 4 members (excludes halogenated alkanes) is 3. The first kappa shape index (κ1) is 49.1. The molecule has 0 aromatic carbocycles. The van der Waals surface area contributed by atoms with Crippen LogP contribution in [0.2, 0.25) is 0 Å². The fourth-order valence-corrected chi connectivity index (χ4v) is 7.84. The summed E-state index contributed by atoms with van der Waals surface area (Å²) in [6.07, 6.45) is 6.01. The van der Waals surface area contributed by atoms with Gasteiger partial charge in [-0.3, -0.25) is 19.2 Å². The molecule has 5 N–H and O–H groups in total. The summed E-state index contributed by atoms with van der Waals surface area (Å²) in [5.41, 5.74) is 5.45. The van der Waals surface area contributed by atoms with Gasteiger partial charge in [-0.15, -0.1) is 0 Å². The van der Waals surface area contributed by atoms with Crippen molar-refractivity contribution in [1.29, 1.82) is 0 Å². The third-order valence-electron chi connectivity index (χ3n) is 6.67. The maximum absolute atomic E-state index is 12.3. The fraction of sp³-hybridized carbons (Fsp3) is 0.879. The van der Waals surface area contributed by atoms with Crippen LogP contribution in [-0.2, 0) is 38.1 Å². The zero-order chi connectivity index (χ0) is 36.8. The highest BCUT2D eigenvalue weighted by Gasteiger charge is 2.13. The molecule has 0 rings (SSSR count). The zero-order valence-electron chi connectivity index (χ0n) is 30.2. The second-order valence-corrected chi connectivity index (χ2v) is 16.5. The minimum atomic E-state index is -0.324. The van der Waals surface area contributed by atoms with Gasteiger partial charge in [0.25, 0.3) is 0 Å². The Balaban J connectivity index is 3.90. The number of nitrogens with one attached hydrogen (secondary N) is 2. The first-order valence-corrected chi connectivity index (χ1v) is 23.0. The minimum absolute atomic E-state index is 0.0859. The molecule has 0 aromatic heterocycles. The van der Waals surface area contributed by atoms with Crippen molar-refractivity contribution in [1.82, 2.24) is 15.5 Å². The van der Waals surface area contributed by atoms with Crippen molar-refractivity contribution in [3.05, 3.63) is 0 Å². The Morgan fingerprint density at radius 1 is 0.560 bits per heavy atom. The molecule has 50 heavy (non-hydrogen) atoms. The van der Waals surface area contributed by atoms with Crippen LogP contribution < -0.4 is 16.4 Å². The summed E-state index contributed by atoms with van der Waals surface area (Å²) in [6.45, 7) is 8.42. The van der Waals surface area contributed by atoms with E-state index in [-0.39, 0.29) is 56.5 Å². The average Bonchev–Trinajstić information content (AvgIpc) is 3.11. The number of hydrogen-bond donors (Lipinski definition) is 4. The van der Waals surface area contributed by atoms with Gasteiger partial charge in [-0.25, -0.2) is 0 Å². The first-order valence-electron chi connectivity index (χ1n) is 18.0. The summed E-state index contributed by atoms with van der Waals surface area (Å²) in [5.74, 6) is 2.93. The van der Waals surface area contributed by atoms with Crippen LogP contribution in [0.4, 0.5) is 0 Å². The number of carbonyl (C=O) groups is 4. The van der Waals surface area contributed by atoms with Crippen LogP contribution in [-0.4, -0.2) is 142 Å². The van der Waals surface area contributed by atoms with Gasteiger partial charge in [0, 0.05) is 75.4 Å². The predicted octanol–water partition coefficient (Wildman–Crippen LogP) is 3.67. The van der Waals surface area contributed by atoms with Crippen LogP contribution >= 0.6 is 43.2 Å². The lowest BCUT2D eigenvalue weighted by atomic mass is 10.2. The molecule has 0 spiro atoms. The van der Waals surface area contributed by atoms with E-state index < -0.39 is 0 Å². The van der Waals surface area contributed by atoms with E-state index in [1.54, 1.807) is 21.6 Å². The maximum atomic E-state index is 12.3. The summed E-state index contributed by atoms with van der Waals surface area (Å²) in [5, 5.41) is 15.6. The van der Waals surface area contributed by atoms with Crippen molar-refractivity contribution in [2.45, 2.75) is 77.6 Å². The van der Waals surface area contributed by atoms with E-state index in [0.29, 0.717) is 97.4 Å². The SMILES string of the molecule is CCCSSCCNCCC(=O)OCCCCOC(=O)CCN(CCCCO)CCC(=O)OCCCCOC(=O)CCNCCSSCCN. The molecule has 0 aliphatic heterocycles. The number of ether oxygens (including phenoxy) is 4. The summed E-state index contributed by atoms with van der Waals surface area (Å²) in [4.78, 5) is 50.2. The number of rotatable bonds is 38. The monoisotopic (exact) mass is 788 g/mol. The standard InChI is InChI=1S/C33H64N4O9S4/c1-2-26-47-49-28-16-35-14-9-30(39)43-22-5-7-24-45-32(41)11-19-37(18-3-4-21-38)20-12-33(42)46-25-8-6-23-44-31(40)10-15-36-17-29-50-48-27-13-34/h35-36,38H,2-29,34H2,1H3. The van der Waals surface area contributed by atoms with E-state index in [9.17, 15) is 19.2 Å². The van der Waals surface area contributed by atoms with Crippen molar-refractivity contribution in [2.24, 2.45) is 5.73 Å². The Kier molecular flexibility index (Phi) is 38.6. The van der Waals surface area contributed by atoms with Crippen LogP contribution in [0.1, 0.15) is 77.6 Å². The summed E-state index contributed by atoms with van der Waals surface area (Å²) < 4.78 is 21.1. The molecule has 0 heterocycles. The Morgan fingerprint density at radius 2 is 0.980 bits per heavy atom. The number of nitrogens with zero attached hydrogens (tertiary/aromatic N) is 1. The van der Waals surface area contributed by atoms with Crippen molar-refractivity contribution >= 4 is 67.1 Å². The van der Waals surface area contributed by atoms with E-state index in [4.69, 9.17) is 29.8 Å². The maximum Gasteiger partial charge on any atom is 0.307 e. The summed E-state index contributed by atoms with van der Waals surface area (Å²) >= 11 is 0. The molecule has 0 amide bonds. The molecule has 294 valence electrons. The van der Waals surface area contributed by atoms with E-state index in [2.05, 4.69) is 17.6 Å². The molecule has 0 aliphatic carbocycles. The number of esters is 4. The zero-order valence-corrected chi connectivity index (χ0v) is 33.4. The largest absolute Gasteiger partial charge is 0.466 e. The van der Waals surface area contributed by atoms with Crippen LogP contribution in [0, 0.1) is 0 Å². The second kappa shape index (κ2) is 39.3. The van der Waals surface area contributed by atoms with Gasteiger partial charge < -0.3 is 45.3 Å². The van der Waals surface area contributed by atoms with Gasteiger partial charge in [-0.1, -0.05) is 50.1 Å². The van der Waals surface area contributed by atoms with Gasteiger partial charge in [0.2, 0.25) is 0 Å². The Bertz CT molecular complexity index is 778. The first-order chi connectivity index (χ1) is 24.4. The third kappa shape index (κ3) is 36.9. The second-order valence-electron chi connectivity index (χ2n) is 11.1. The van der Waals surface area contributed by atoms with Crippen molar-refractivity contribution in [3.8, 4) is 0 Å². The van der Waals surface area contributed by atoms with E-state index in [0.717, 1.165) is 42.5 Å². The van der Waals surface area contributed by atoms with Gasteiger partial charge in [0.1, 0.15) is 0 Å². The number of aliphatic hydroxyl groups is 1. The number of hydrogen-bond acceptors (Lipinski definition) is 17. The lowest BCUT2D eigenvalue weighted by Gasteiger charge is -2.21. The molecule has 0 aromatic rings. The Labute approximate surface area is 316 Å². The van der Waals surface area contributed by atoms with Gasteiger partial charge in [-0.2, -0.15) is 0 Å². The van der Waals surface area contributed by atoms with Crippen LogP contribution in [0.15, 0.2) is 0 Å². The molecule has 0 bridgehead atoms. The lowest BCUT2D eigenvalue weighted by molar-refractivity contribution is -0.147. The fourth-order valence-electron chi connectivity index (χ4n) is 3.95. The Hall–Kier alpha value is -0.920. The summed E-state index contributed by atoms with van der Waals surface area (Å²) in [7, 11) is 7.22. The van der Waals surface area contributed by atoms with Crippen LogP contribution in [0.25, 0.3) is 0 Å². The smallest absolute Gasteiger partial charge is 0.307 e. The lowest BCUT2D eigenvalue weighted by Crippen LogP contribution is -2.31. The summed E-state index contributed by atoms with van der Waals surface area (Å²) in [6, 6.07) is 0. The molecule has 17 heteroatoms. The Morgan fingerprint density at radius 3 is 1.40 bits per heavy atom. The molecule has 0 unspecified atom stereocenters. The van der Waals surface area contributed by atoms with Crippen molar-refractivity contribution in [2.75, 3.05) is 108 Å². The van der Waals surface area contributed by atoms with Gasteiger partial charge in [-0.05, 0) is 51.5 Å². The molecular formula is C33H64N4O9S4.